The van der Waals surface area contributed by atoms with Gasteiger partial charge in [-0.1, -0.05) is 13.8 Å². The Kier molecular flexibility index (Phi) is 5.94. The maximum atomic E-state index is 12.8. The molecular formula is C16H19F3O. The second-order valence-corrected chi connectivity index (χ2v) is 4.61. The Labute approximate surface area is 118 Å². The van der Waals surface area contributed by atoms with Crippen molar-refractivity contribution in [3.8, 4) is 18.1 Å². The van der Waals surface area contributed by atoms with E-state index in [4.69, 9.17) is 11.2 Å². The second kappa shape index (κ2) is 7.23. The zero-order valence-electron chi connectivity index (χ0n) is 11.8. The average Bonchev–Trinajstić information content (AvgIpc) is 2.41. The quantitative estimate of drug-likeness (QED) is 0.667. The lowest BCUT2D eigenvalue weighted by Gasteiger charge is -2.19. The van der Waals surface area contributed by atoms with Crippen LogP contribution in [-0.4, -0.2) is 6.61 Å². The summed E-state index contributed by atoms with van der Waals surface area (Å²) in [5.41, 5.74) is -0.111. The van der Waals surface area contributed by atoms with Crippen LogP contribution in [0, 0.1) is 12.3 Å². The zero-order chi connectivity index (χ0) is 15.2. The standard InChI is InChI=1S/C16H19F3O/c1-4-7-12(6-3)14-11-13(16(17,18)19)8-9-15(14)20-10-5-2/h1,8-9,11-12H,5-7,10H2,2-3H3. The molecule has 1 unspecified atom stereocenters. The van der Waals surface area contributed by atoms with Crippen molar-refractivity contribution in [3.05, 3.63) is 29.3 Å². The van der Waals surface area contributed by atoms with Gasteiger partial charge in [0.05, 0.1) is 12.2 Å². The molecule has 0 heterocycles. The van der Waals surface area contributed by atoms with Crippen molar-refractivity contribution in [2.75, 3.05) is 6.61 Å². The molecule has 0 spiro atoms. The first-order valence-electron chi connectivity index (χ1n) is 6.71. The normalized spacial score (nSPS) is 12.8. The van der Waals surface area contributed by atoms with Gasteiger partial charge in [0.15, 0.2) is 0 Å². The van der Waals surface area contributed by atoms with Crippen molar-refractivity contribution in [3.63, 3.8) is 0 Å². The number of terminal acetylenes is 1. The third-order valence-corrected chi connectivity index (χ3v) is 3.10. The molecule has 0 aromatic heterocycles. The van der Waals surface area contributed by atoms with E-state index in [1.165, 1.54) is 6.07 Å². The van der Waals surface area contributed by atoms with Crippen molar-refractivity contribution in [1.29, 1.82) is 0 Å². The number of rotatable bonds is 6. The minimum absolute atomic E-state index is 0.117. The number of hydrogen-bond donors (Lipinski definition) is 0. The largest absolute Gasteiger partial charge is 0.493 e. The summed E-state index contributed by atoms with van der Waals surface area (Å²) in [6, 6.07) is 3.61. The SMILES string of the molecule is C#CCC(CC)c1cc(C(F)(F)F)ccc1OCCC. The van der Waals surface area contributed by atoms with E-state index >= 15 is 0 Å². The van der Waals surface area contributed by atoms with E-state index in [-0.39, 0.29) is 5.92 Å². The molecule has 110 valence electrons. The van der Waals surface area contributed by atoms with Gasteiger partial charge in [-0.05, 0) is 42.5 Å². The molecule has 0 aliphatic carbocycles. The molecule has 0 fully saturated rings. The van der Waals surface area contributed by atoms with Gasteiger partial charge in [-0.25, -0.2) is 0 Å². The highest BCUT2D eigenvalue weighted by Crippen LogP contribution is 2.37. The highest BCUT2D eigenvalue weighted by Gasteiger charge is 2.31. The van der Waals surface area contributed by atoms with Crippen molar-refractivity contribution in [2.24, 2.45) is 0 Å². The minimum Gasteiger partial charge on any atom is -0.493 e. The fourth-order valence-corrected chi connectivity index (χ4v) is 2.00. The lowest BCUT2D eigenvalue weighted by Crippen LogP contribution is -2.09. The van der Waals surface area contributed by atoms with Crippen LogP contribution < -0.4 is 4.74 Å². The third-order valence-electron chi connectivity index (χ3n) is 3.10. The zero-order valence-corrected chi connectivity index (χ0v) is 11.8. The highest BCUT2D eigenvalue weighted by atomic mass is 19.4. The van der Waals surface area contributed by atoms with Gasteiger partial charge in [-0.3, -0.25) is 0 Å². The van der Waals surface area contributed by atoms with Gasteiger partial charge in [-0.15, -0.1) is 12.3 Å². The number of alkyl halides is 3. The van der Waals surface area contributed by atoms with Crippen LogP contribution in [0.25, 0.3) is 0 Å². The lowest BCUT2D eigenvalue weighted by atomic mass is 9.91. The minimum atomic E-state index is -4.35. The summed E-state index contributed by atoms with van der Waals surface area (Å²) in [6.07, 6.45) is 2.82. The Morgan fingerprint density at radius 3 is 2.50 bits per heavy atom. The van der Waals surface area contributed by atoms with Gasteiger partial charge in [0.25, 0.3) is 0 Å². The van der Waals surface area contributed by atoms with Gasteiger partial charge in [0.1, 0.15) is 5.75 Å². The van der Waals surface area contributed by atoms with Crippen LogP contribution in [0.4, 0.5) is 13.2 Å². The van der Waals surface area contributed by atoms with Crippen molar-refractivity contribution in [2.45, 2.75) is 45.2 Å². The van der Waals surface area contributed by atoms with E-state index in [9.17, 15) is 13.2 Å². The Balaban J connectivity index is 3.21. The van der Waals surface area contributed by atoms with Gasteiger partial charge < -0.3 is 4.74 Å². The molecule has 0 saturated heterocycles. The van der Waals surface area contributed by atoms with Crippen LogP contribution in [0.15, 0.2) is 18.2 Å². The average molecular weight is 284 g/mol. The third kappa shape index (κ3) is 4.19. The Hall–Kier alpha value is -1.63. The molecule has 4 heteroatoms. The first-order valence-corrected chi connectivity index (χ1v) is 6.71. The van der Waals surface area contributed by atoms with E-state index < -0.39 is 11.7 Å². The van der Waals surface area contributed by atoms with Crippen LogP contribution in [-0.2, 0) is 6.18 Å². The molecule has 0 aliphatic rings. The molecule has 1 rings (SSSR count). The molecular weight excluding hydrogens is 265 g/mol. The maximum Gasteiger partial charge on any atom is 0.416 e. The molecule has 0 bridgehead atoms. The fourth-order valence-electron chi connectivity index (χ4n) is 2.00. The smallest absolute Gasteiger partial charge is 0.416 e. The Morgan fingerprint density at radius 1 is 1.30 bits per heavy atom. The van der Waals surface area contributed by atoms with Gasteiger partial charge in [-0.2, -0.15) is 13.2 Å². The fraction of sp³-hybridized carbons (Fsp3) is 0.500. The summed E-state index contributed by atoms with van der Waals surface area (Å²) in [5.74, 6) is 2.91. The molecule has 0 aliphatic heterocycles. The number of ether oxygens (including phenoxy) is 1. The summed E-state index contributed by atoms with van der Waals surface area (Å²) in [6.45, 7) is 4.33. The molecule has 1 atom stereocenters. The number of halogens is 3. The predicted molar refractivity (Wildman–Crippen MR) is 73.7 cm³/mol. The molecule has 1 aromatic rings. The highest BCUT2D eigenvalue weighted by molar-refractivity contribution is 5.41. The van der Waals surface area contributed by atoms with Crippen LogP contribution >= 0.6 is 0 Å². The van der Waals surface area contributed by atoms with Crippen molar-refractivity contribution < 1.29 is 17.9 Å². The first-order chi connectivity index (χ1) is 9.43. The van der Waals surface area contributed by atoms with E-state index in [1.54, 1.807) is 0 Å². The molecule has 1 aromatic carbocycles. The van der Waals surface area contributed by atoms with Crippen LogP contribution in [0.3, 0.4) is 0 Å². The summed E-state index contributed by atoms with van der Waals surface area (Å²) in [7, 11) is 0. The van der Waals surface area contributed by atoms with E-state index in [2.05, 4.69) is 5.92 Å². The summed E-state index contributed by atoms with van der Waals surface area (Å²) in [5, 5.41) is 0. The number of benzene rings is 1. The maximum absolute atomic E-state index is 12.8. The van der Waals surface area contributed by atoms with Crippen LogP contribution in [0.2, 0.25) is 0 Å². The predicted octanol–water partition coefficient (Wildman–Crippen LogP) is 5.01. The summed E-state index contributed by atoms with van der Waals surface area (Å²) >= 11 is 0. The van der Waals surface area contributed by atoms with Crippen LogP contribution in [0.1, 0.15) is 50.2 Å². The second-order valence-electron chi connectivity index (χ2n) is 4.61. The Bertz CT molecular complexity index is 472. The molecule has 0 radical (unpaired) electrons. The monoisotopic (exact) mass is 284 g/mol. The first kappa shape index (κ1) is 16.4. The van der Waals surface area contributed by atoms with E-state index in [1.807, 2.05) is 13.8 Å². The molecule has 0 N–H and O–H groups in total. The van der Waals surface area contributed by atoms with Gasteiger partial charge in [0, 0.05) is 6.42 Å². The van der Waals surface area contributed by atoms with Gasteiger partial charge >= 0.3 is 6.18 Å². The van der Waals surface area contributed by atoms with Gasteiger partial charge in [0.2, 0.25) is 0 Å². The molecule has 1 nitrogen and oxygen atoms in total. The van der Waals surface area contributed by atoms with E-state index in [0.717, 1.165) is 18.6 Å². The topological polar surface area (TPSA) is 9.23 Å². The van der Waals surface area contributed by atoms with E-state index in [0.29, 0.717) is 30.8 Å². The summed E-state index contributed by atoms with van der Waals surface area (Å²) in [4.78, 5) is 0. The Morgan fingerprint density at radius 2 is 2.00 bits per heavy atom. The molecule has 0 amide bonds. The summed E-state index contributed by atoms with van der Waals surface area (Å²) < 4.78 is 44.0. The van der Waals surface area contributed by atoms with Crippen LogP contribution in [0.5, 0.6) is 5.75 Å². The molecule has 0 saturated carbocycles. The van der Waals surface area contributed by atoms with Crippen molar-refractivity contribution in [1.82, 2.24) is 0 Å². The lowest BCUT2D eigenvalue weighted by molar-refractivity contribution is -0.137. The molecule has 20 heavy (non-hydrogen) atoms. The van der Waals surface area contributed by atoms with Crippen molar-refractivity contribution >= 4 is 0 Å². The number of hydrogen-bond acceptors (Lipinski definition) is 1.